The predicted octanol–water partition coefficient (Wildman–Crippen LogP) is 3.10. The number of carboxylic acids is 1. The van der Waals surface area contributed by atoms with Crippen LogP contribution in [0, 0.1) is 11.8 Å². The molecule has 1 aromatic rings. The maximum Gasteiger partial charge on any atom is 0.326 e. The summed E-state index contributed by atoms with van der Waals surface area (Å²) >= 11 is 0. The minimum absolute atomic E-state index is 0.0861. The highest BCUT2D eigenvalue weighted by Gasteiger charge is 2.35. The van der Waals surface area contributed by atoms with E-state index in [1.54, 1.807) is 0 Å². The average molecular weight is 289 g/mol. The Morgan fingerprint density at radius 3 is 2.52 bits per heavy atom. The van der Waals surface area contributed by atoms with Crippen LogP contribution in [0.5, 0.6) is 0 Å². The molecule has 2 unspecified atom stereocenters. The van der Waals surface area contributed by atoms with E-state index >= 15 is 0 Å². The number of hydrogen-bond donors (Lipinski definition) is 1. The van der Waals surface area contributed by atoms with Gasteiger partial charge in [-0.05, 0) is 36.3 Å². The summed E-state index contributed by atoms with van der Waals surface area (Å²) in [5.41, 5.74) is 1.82. The second-order valence-electron chi connectivity index (χ2n) is 6.20. The van der Waals surface area contributed by atoms with Gasteiger partial charge in [0.05, 0.1) is 0 Å². The summed E-state index contributed by atoms with van der Waals surface area (Å²) in [6.45, 7) is 6.20. The van der Waals surface area contributed by atoms with Gasteiger partial charge in [0.25, 0.3) is 0 Å². The number of carbonyl (C=O) groups is 2. The molecule has 0 aromatic heterocycles. The summed E-state index contributed by atoms with van der Waals surface area (Å²) in [5, 5.41) is 9.61. The van der Waals surface area contributed by atoms with Crippen molar-refractivity contribution in [2.45, 2.75) is 46.1 Å². The molecule has 0 spiro atoms. The Hall–Kier alpha value is -1.84. The largest absolute Gasteiger partial charge is 0.480 e. The number of para-hydroxylation sites is 1. The molecule has 1 aliphatic rings. The van der Waals surface area contributed by atoms with Crippen LogP contribution < -0.4 is 4.90 Å². The van der Waals surface area contributed by atoms with E-state index < -0.39 is 12.0 Å². The summed E-state index contributed by atoms with van der Waals surface area (Å²) in [6.07, 6.45) is 1.56. The van der Waals surface area contributed by atoms with Crippen LogP contribution in [-0.4, -0.2) is 23.0 Å². The monoisotopic (exact) mass is 289 g/mol. The minimum Gasteiger partial charge on any atom is -0.480 e. The van der Waals surface area contributed by atoms with E-state index in [4.69, 9.17) is 0 Å². The smallest absolute Gasteiger partial charge is 0.326 e. The van der Waals surface area contributed by atoms with E-state index in [1.807, 2.05) is 31.2 Å². The first-order valence-corrected chi connectivity index (χ1v) is 7.54. The summed E-state index contributed by atoms with van der Waals surface area (Å²) in [7, 11) is 0. The highest BCUT2D eigenvalue weighted by Crippen LogP contribution is 2.32. The molecular weight excluding hydrogens is 266 g/mol. The number of carbonyl (C=O) groups excluding carboxylic acids is 1. The maximum absolute atomic E-state index is 12.3. The fourth-order valence-corrected chi connectivity index (χ4v) is 2.74. The normalized spacial score (nSPS) is 17.5. The van der Waals surface area contributed by atoms with Crippen molar-refractivity contribution in [2.24, 2.45) is 11.8 Å². The average Bonchev–Trinajstić information content (AvgIpc) is 2.44. The number of aliphatic carboxylic acids is 1. The van der Waals surface area contributed by atoms with Gasteiger partial charge < -0.3 is 5.11 Å². The van der Waals surface area contributed by atoms with Crippen LogP contribution in [0.15, 0.2) is 24.3 Å². The second kappa shape index (κ2) is 6.29. The third-order valence-corrected chi connectivity index (χ3v) is 4.46. The molecule has 1 heterocycles. The van der Waals surface area contributed by atoms with Gasteiger partial charge in [-0.15, -0.1) is 0 Å². The van der Waals surface area contributed by atoms with E-state index in [1.165, 1.54) is 4.90 Å². The zero-order valence-electron chi connectivity index (χ0n) is 12.9. The van der Waals surface area contributed by atoms with Crippen molar-refractivity contribution in [2.75, 3.05) is 4.90 Å². The summed E-state index contributed by atoms with van der Waals surface area (Å²) in [5.74, 6) is -0.375. The van der Waals surface area contributed by atoms with Gasteiger partial charge in [-0.2, -0.15) is 0 Å². The molecule has 0 bridgehead atoms. The number of benzene rings is 1. The maximum atomic E-state index is 12.3. The standard InChI is InChI=1S/C17H23NO3/c1-11(2)12(3)10-15(17(20)21)18-14-7-5-4-6-13(14)8-9-16(18)19/h4-7,11-12,15H,8-10H2,1-3H3,(H,20,21). The third kappa shape index (κ3) is 3.26. The molecule has 2 rings (SSSR count). The van der Waals surface area contributed by atoms with Crippen LogP contribution in [0.4, 0.5) is 5.69 Å². The molecule has 4 nitrogen and oxygen atoms in total. The van der Waals surface area contributed by atoms with Crippen LogP contribution in [-0.2, 0) is 16.0 Å². The summed E-state index contributed by atoms with van der Waals surface area (Å²) in [6, 6.07) is 6.83. The lowest BCUT2D eigenvalue weighted by Gasteiger charge is -2.35. The number of hydrogen-bond acceptors (Lipinski definition) is 2. The Morgan fingerprint density at radius 1 is 1.24 bits per heavy atom. The van der Waals surface area contributed by atoms with Gasteiger partial charge in [-0.3, -0.25) is 9.69 Å². The van der Waals surface area contributed by atoms with Crippen molar-refractivity contribution >= 4 is 17.6 Å². The highest BCUT2D eigenvalue weighted by molar-refractivity contribution is 6.01. The molecule has 2 atom stereocenters. The Morgan fingerprint density at radius 2 is 1.90 bits per heavy atom. The van der Waals surface area contributed by atoms with Crippen molar-refractivity contribution in [1.29, 1.82) is 0 Å². The minimum atomic E-state index is -0.924. The lowest BCUT2D eigenvalue weighted by Crippen LogP contribution is -2.48. The number of rotatable bonds is 5. The van der Waals surface area contributed by atoms with Crippen LogP contribution >= 0.6 is 0 Å². The Balaban J connectivity index is 2.35. The first kappa shape index (κ1) is 15.5. The predicted molar refractivity (Wildman–Crippen MR) is 82.3 cm³/mol. The van der Waals surface area contributed by atoms with Crippen molar-refractivity contribution < 1.29 is 14.7 Å². The molecular formula is C17H23NO3. The van der Waals surface area contributed by atoms with Gasteiger partial charge in [-0.25, -0.2) is 4.79 Å². The second-order valence-corrected chi connectivity index (χ2v) is 6.20. The molecule has 1 N–H and O–H groups in total. The van der Waals surface area contributed by atoms with Crippen molar-refractivity contribution in [1.82, 2.24) is 0 Å². The van der Waals surface area contributed by atoms with Crippen LogP contribution in [0.3, 0.4) is 0 Å². The fourth-order valence-electron chi connectivity index (χ4n) is 2.74. The van der Waals surface area contributed by atoms with Gasteiger partial charge in [0, 0.05) is 12.1 Å². The zero-order chi connectivity index (χ0) is 15.6. The third-order valence-electron chi connectivity index (χ3n) is 4.46. The summed E-state index contributed by atoms with van der Waals surface area (Å²) in [4.78, 5) is 25.5. The molecule has 0 fully saturated rings. The number of fused-ring (bicyclic) bond motifs is 1. The zero-order valence-corrected chi connectivity index (χ0v) is 12.9. The number of amides is 1. The van der Waals surface area contributed by atoms with Crippen molar-refractivity contribution in [3.8, 4) is 0 Å². The molecule has 0 aliphatic carbocycles. The van der Waals surface area contributed by atoms with Crippen LogP contribution in [0.25, 0.3) is 0 Å². The highest BCUT2D eigenvalue weighted by atomic mass is 16.4. The van der Waals surface area contributed by atoms with Gasteiger partial charge >= 0.3 is 5.97 Å². The van der Waals surface area contributed by atoms with Crippen molar-refractivity contribution in [3.05, 3.63) is 29.8 Å². The molecule has 0 saturated heterocycles. The number of carboxylic acid groups (broad SMARTS) is 1. The first-order valence-electron chi connectivity index (χ1n) is 7.54. The molecule has 1 aromatic carbocycles. The van der Waals surface area contributed by atoms with Gasteiger partial charge in [0.2, 0.25) is 5.91 Å². The topological polar surface area (TPSA) is 57.6 Å². The Bertz CT molecular complexity index is 539. The Labute approximate surface area is 125 Å². The lowest BCUT2D eigenvalue weighted by atomic mass is 9.89. The van der Waals surface area contributed by atoms with E-state index in [0.717, 1.165) is 11.3 Å². The summed E-state index contributed by atoms with van der Waals surface area (Å²) < 4.78 is 0. The lowest BCUT2D eigenvalue weighted by molar-refractivity contribution is -0.140. The van der Waals surface area contributed by atoms with Crippen LogP contribution in [0.2, 0.25) is 0 Å². The fraction of sp³-hybridized carbons (Fsp3) is 0.529. The quantitative estimate of drug-likeness (QED) is 0.906. The first-order chi connectivity index (χ1) is 9.91. The molecule has 0 radical (unpaired) electrons. The molecule has 1 amide bonds. The van der Waals surface area contributed by atoms with E-state index in [2.05, 4.69) is 13.8 Å². The molecule has 1 aliphatic heterocycles. The van der Waals surface area contributed by atoms with Gasteiger partial charge in [0.15, 0.2) is 0 Å². The molecule has 0 saturated carbocycles. The Kier molecular flexibility index (Phi) is 4.66. The molecule has 4 heteroatoms. The SMILES string of the molecule is CC(C)C(C)CC(C(=O)O)N1C(=O)CCc2ccccc21. The van der Waals surface area contributed by atoms with E-state index in [0.29, 0.717) is 25.2 Å². The van der Waals surface area contributed by atoms with E-state index in [-0.39, 0.29) is 11.8 Å². The number of aryl methyl sites for hydroxylation is 1. The van der Waals surface area contributed by atoms with Crippen LogP contribution in [0.1, 0.15) is 39.2 Å². The molecule has 21 heavy (non-hydrogen) atoms. The number of nitrogens with zero attached hydrogens (tertiary/aromatic N) is 1. The molecule has 114 valence electrons. The van der Waals surface area contributed by atoms with Gasteiger partial charge in [-0.1, -0.05) is 39.0 Å². The number of anilines is 1. The van der Waals surface area contributed by atoms with Crippen molar-refractivity contribution in [3.63, 3.8) is 0 Å². The van der Waals surface area contributed by atoms with E-state index in [9.17, 15) is 14.7 Å². The van der Waals surface area contributed by atoms with Gasteiger partial charge in [0.1, 0.15) is 6.04 Å².